The molecule has 0 saturated carbocycles. The third-order valence-electron chi connectivity index (χ3n) is 3.80. The van der Waals surface area contributed by atoms with Gasteiger partial charge < -0.3 is 20.1 Å². The molecule has 1 aromatic carbocycles. The molecule has 2 heterocycles. The SMILES string of the molecule is C[C@@H](NC(=O)N1CCCNC(=O)C1)c1nc(-c2ccc(Cl)cc2)no1. The molecular formula is C16H18ClN5O3. The van der Waals surface area contributed by atoms with Gasteiger partial charge in [0.15, 0.2) is 0 Å². The van der Waals surface area contributed by atoms with Crippen molar-refractivity contribution in [3.8, 4) is 11.4 Å². The fourth-order valence-electron chi connectivity index (χ4n) is 2.44. The van der Waals surface area contributed by atoms with Gasteiger partial charge in [-0.15, -0.1) is 0 Å². The average molecular weight is 364 g/mol. The van der Waals surface area contributed by atoms with E-state index >= 15 is 0 Å². The van der Waals surface area contributed by atoms with Gasteiger partial charge in [0.2, 0.25) is 17.6 Å². The van der Waals surface area contributed by atoms with Crippen molar-refractivity contribution in [1.29, 1.82) is 0 Å². The zero-order chi connectivity index (χ0) is 17.8. The van der Waals surface area contributed by atoms with E-state index in [2.05, 4.69) is 20.8 Å². The monoisotopic (exact) mass is 363 g/mol. The number of hydrogen-bond donors (Lipinski definition) is 2. The average Bonchev–Trinajstić information content (AvgIpc) is 2.98. The molecule has 1 aliphatic rings. The van der Waals surface area contributed by atoms with Crippen molar-refractivity contribution in [2.45, 2.75) is 19.4 Å². The first-order valence-corrected chi connectivity index (χ1v) is 8.32. The maximum Gasteiger partial charge on any atom is 0.318 e. The highest BCUT2D eigenvalue weighted by Crippen LogP contribution is 2.20. The van der Waals surface area contributed by atoms with Crippen LogP contribution in [0.1, 0.15) is 25.3 Å². The van der Waals surface area contributed by atoms with E-state index in [4.69, 9.17) is 16.1 Å². The fourth-order valence-corrected chi connectivity index (χ4v) is 2.57. The number of carbonyl (C=O) groups is 2. The van der Waals surface area contributed by atoms with Gasteiger partial charge in [-0.3, -0.25) is 4.79 Å². The molecule has 132 valence electrons. The summed E-state index contributed by atoms with van der Waals surface area (Å²) in [6.45, 7) is 2.87. The number of nitrogens with one attached hydrogen (secondary N) is 2. The van der Waals surface area contributed by atoms with Gasteiger partial charge in [0.05, 0.1) is 0 Å². The van der Waals surface area contributed by atoms with Gasteiger partial charge in [-0.2, -0.15) is 4.98 Å². The summed E-state index contributed by atoms with van der Waals surface area (Å²) in [4.78, 5) is 29.7. The van der Waals surface area contributed by atoms with Crippen LogP contribution in [-0.2, 0) is 4.79 Å². The molecule has 0 bridgehead atoms. The number of carbonyl (C=O) groups excluding carboxylic acids is 2. The fraction of sp³-hybridized carbons (Fsp3) is 0.375. The van der Waals surface area contributed by atoms with Crippen molar-refractivity contribution in [2.75, 3.05) is 19.6 Å². The van der Waals surface area contributed by atoms with Crippen LogP contribution in [0.2, 0.25) is 5.02 Å². The zero-order valence-corrected chi connectivity index (χ0v) is 14.4. The molecule has 9 heteroatoms. The lowest BCUT2D eigenvalue weighted by atomic mass is 10.2. The number of benzene rings is 1. The Balaban J connectivity index is 1.65. The lowest BCUT2D eigenvalue weighted by molar-refractivity contribution is -0.121. The highest BCUT2D eigenvalue weighted by atomic mass is 35.5. The zero-order valence-electron chi connectivity index (χ0n) is 13.7. The minimum atomic E-state index is -0.479. The second kappa shape index (κ2) is 7.52. The Morgan fingerprint density at radius 2 is 2.16 bits per heavy atom. The minimum Gasteiger partial charge on any atom is -0.354 e. The summed E-state index contributed by atoms with van der Waals surface area (Å²) in [7, 11) is 0. The summed E-state index contributed by atoms with van der Waals surface area (Å²) in [5.41, 5.74) is 0.766. The Morgan fingerprint density at radius 3 is 2.92 bits per heavy atom. The largest absolute Gasteiger partial charge is 0.354 e. The maximum atomic E-state index is 12.3. The standard InChI is InChI=1S/C16H18ClN5O3/c1-10(19-16(24)22-8-2-7-18-13(23)9-22)15-20-14(21-25-15)11-3-5-12(17)6-4-11/h3-6,10H,2,7-9H2,1H3,(H,18,23)(H,19,24)/t10-/m1/s1. The van der Waals surface area contributed by atoms with Crippen LogP contribution in [0.3, 0.4) is 0 Å². The quantitative estimate of drug-likeness (QED) is 0.868. The van der Waals surface area contributed by atoms with Crippen LogP contribution in [0.15, 0.2) is 28.8 Å². The van der Waals surface area contributed by atoms with Gasteiger partial charge in [-0.05, 0) is 37.6 Å². The van der Waals surface area contributed by atoms with Crippen molar-refractivity contribution >= 4 is 23.5 Å². The van der Waals surface area contributed by atoms with E-state index in [-0.39, 0.29) is 24.4 Å². The van der Waals surface area contributed by atoms with Gasteiger partial charge in [0.1, 0.15) is 12.6 Å². The van der Waals surface area contributed by atoms with Gasteiger partial charge >= 0.3 is 6.03 Å². The molecule has 2 N–H and O–H groups in total. The van der Waals surface area contributed by atoms with E-state index in [1.165, 1.54) is 4.90 Å². The lowest BCUT2D eigenvalue weighted by Gasteiger charge is -2.21. The molecule has 2 aromatic rings. The molecule has 25 heavy (non-hydrogen) atoms. The summed E-state index contributed by atoms with van der Waals surface area (Å²) in [6.07, 6.45) is 0.717. The molecule has 3 amide bonds. The van der Waals surface area contributed by atoms with Crippen molar-refractivity contribution < 1.29 is 14.1 Å². The van der Waals surface area contributed by atoms with Crippen molar-refractivity contribution in [1.82, 2.24) is 25.7 Å². The van der Waals surface area contributed by atoms with Crippen LogP contribution in [-0.4, -0.2) is 46.6 Å². The molecule has 1 aromatic heterocycles. The second-order valence-electron chi connectivity index (χ2n) is 5.76. The van der Waals surface area contributed by atoms with E-state index in [1.54, 1.807) is 31.2 Å². The van der Waals surface area contributed by atoms with Gasteiger partial charge in [0, 0.05) is 23.7 Å². The summed E-state index contributed by atoms with van der Waals surface area (Å²) in [5.74, 6) is 0.544. The number of amides is 3. The van der Waals surface area contributed by atoms with Crippen LogP contribution in [0.5, 0.6) is 0 Å². The van der Waals surface area contributed by atoms with Crippen LogP contribution < -0.4 is 10.6 Å². The first-order valence-electron chi connectivity index (χ1n) is 7.94. The topological polar surface area (TPSA) is 100 Å². The van der Waals surface area contributed by atoms with Crippen molar-refractivity contribution in [2.24, 2.45) is 0 Å². The van der Waals surface area contributed by atoms with Gasteiger partial charge in [-0.1, -0.05) is 16.8 Å². The molecule has 8 nitrogen and oxygen atoms in total. The lowest BCUT2D eigenvalue weighted by Crippen LogP contribution is -2.44. The summed E-state index contributed by atoms with van der Waals surface area (Å²) >= 11 is 5.86. The Labute approximate surface area is 149 Å². The number of aromatic nitrogens is 2. The normalized spacial score (nSPS) is 16.1. The Morgan fingerprint density at radius 1 is 1.40 bits per heavy atom. The molecular weight excluding hydrogens is 346 g/mol. The minimum absolute atomic E-state index is 0.0401. The molecule has 3 rings (SSSR count). The number of nitrogens with zero attached hydrogens (tertiary/aromatic N) is 3. The van der Waals surface area contributed by atoms with Crippen molar-refractivity contribution in [3.05, 3.63) is 35.2 Å². The van der Waals surface area contributed by atoms with E-state index in [0.717, 1.165) is 12.0 Å². The third kappa shape index (κ3) is 4.27. The molecule has 1 aliphatic heterocycles. The van der Waals surface area contributed by atoms with E-state index in [9.17, 15) is 9.59 Å². The molecule has 0 spiro atoms. The number of hydrogen-bond acceptors (Lipinski definition) is 5. The molecule has 1 atom stereocenters. The van der Waals surface area contributed by atoms with E-state index in [0.29, 0.717) is 23.9 Å². The third-order valence-corrected chi connectivity index (χ3v) is 4.06. The smallest absolute Gasteiger partial charge is 0.318 e. The summed E-state index contributed by atoms with van der Waals surface area (Å²) in [6, 6.07) is 6.24. The van der Waals surface area contributed by atoms with Gasteiger partial charge in [0.25, 0.3) is 0 Å². The molecule has 1 saturated heterocycles. The highest BCUT2D eigenvalue weighted by Gasteiger charge is 2.23. The first kappa shape index (κ1) is 17.2. The van der Waals surface area contributed by atoms with Crippen LogP contribution in [0, 0.1) is 0 Å². The maximum absolute atomic E-state index is 12.3. The predicted octanol–water partition coefficient (Wildman–Crippen LogP) is 1.98. The Hall–Kier alpha value is -2.61. The summed E-state index contributed by atoms with van der Waals surface area (Å²) < 4.78 is 5.24. The van der Waals surface area contributed by atoms with Crippen LogP contribution in [0.4, 0.5) is 4.79 Å². The van der Waals surface area contributed by atoms with E-state index in [1.807, 2.05) is 0 Å². The van der Waals surface area contributed by atoms with E-state index < -0.39 is 6.04 Å². The van der Waals surface area contributed by atoms with Gasteiger partial charge in [-0.25, -0.2) is 4.79 Å². The number of rotatable bonds is 3. The first-order chi connectivity index (χ1) is 12.0. The molecule has 0 aliphatic carbocycles. The van der Waals surface area contributed by atoms with Crippen LogP contribution in [0.25, 0.3) is 11.4 Å². The number of urea groups is 1. The van der Waals surface area contributed by atoms with Crippen LogP contribution >= 0.6 is 11.6 Å². The molecule has 1 fully saturated rings. The number of halogens is 1. The summed E-state index contributed by atoms with van der Waals surface area (Å²) in [5, 5.41) is 10.1. The second-order valence-corrected chi connectivity index (χ2v) is 6.20. The molecule has 0 unspecified atom stereocenters. The molecule has 0 radical (unpaired) electrons. The Kier molecular flexibility index (Phi) is 5.18. The Bertz CT molecular complexity index is 761. The highest BCUT2D eigenvalue weighted by molar-refractivity contribution is 6.30. The predicted molar refractivity (Wildman–Crippen MR) is 90.9 cm³/mol. The van der Waals surface area contributed by atoms with Crippen molar-refractivity contribution in [3.63, 3.8) is 0 Å².